The van der Waals surface area contributed by atoms with Crippen molar-refractivity contribution >= 4 is 11.6 Å². The molecule has 0 radical (unpaired) electrons. The van der Waals surface area contributed by atoms with E-state index in [1.807, 2.05) is 6.92 Å². The van der Waals surface area contributed by atoms with Gasteiger partial charge in [-0.15, -0.1) is 0 Å². The zero-order valence-electron chi connectivity index (χ0n) is 8.31. The van der Waals surface area contributed by atoms with Gasteiger partial charge in [0.25, 0.3) is 0 Å². The van der Waals surface area contributed by atoms with Crippen LogP contribution in [0.2, 0.25) is 5.15 Å². The molecule has 0 unspecified atom stereocenters. The van der Waals surface area contributed by atoms with E-state index in [4.69, 9.17) is 16.3 Å². The fourth-order valence-corrected chi connectivity index (χ4v) is 1.50. The zero-order valence-corrected chi connectivity index (χ0v) is 9.06. The van der Waals surface area contributed by atoms with E-state index < -0.39 is 0 Å². The molecule has 0 aromatic carbocycles. The average molecular weight is 225 g/mol. The standard InChI is InChI=1S/C9H9ClN4O/c1-6-11-3-4-14(6)9-7(15-2)8(10)12-5-13-9/h3-5H,1-2H3. The summed E-state index contributed by atoms with van der Waals surface area (Å²) in [5, 5.41) is 0.288. The van der Waals surface area contributed by atoms with Crippen LogP contribution >= 0.6 is 11.6 Å². The van der Waals surface area contributed by atoms with Crippen molar-refractivity contribution in [3.05, 3.63) is 29.7 Å². The van der Waals surface area contributed by atoms with E-state index >= 15 is 0 Å². The van der Waals surface area contributed by atoms with Gasteiger partial charge in [-0.2, -0.15) is 0 Å². The van der Waals surface area contributed by atoms with Crippen LogP contribution in [0.5, 0.6) is 5.75 Å². The van der Waals surface area contributed by atoms with Crippen LogP contribution in [-0.4, -0.2) is 26.6 Å². The minimum atomic E-state index is 0.288. The summed E-state index contributed by atoms with van der Waals surface area (Å²) < 4.78 is 6.93. The fraction of sp³-hybridized carbons (Fsp3) is 0.222. The summed E-state index contributed by atoms with van der Waals surface area (Å²) in [6.07, 6.45) is 4.86. The number of rotatable bonds is 2. The number of imidazole rings is 1. The lowest BCUT2D eigenvalue weighted by Gasteiger charge is -2.09. The molecule has 0 aliphatic rings. The molecule has 0 bridgehead atoms. The first-order chi connectivity index (χ1) is 7.24. The third kappa shape index (κ3) is 1.66. The first kappa shape index (κ1) is 9.92. The zero-order chi connectivity index (χ0) is 10.8. The lowest BCUT2D eigenvalue weighted by molar-refractivity contribution is 0.408. The van der Waals surface area contributed by atoms with Crippen molar-refractivity contribution in [1.29, 1.82) is 0 Å². The number of ether oxygens (including phenoxy) is 1. The van der Waals surface area contributed by atoms with Crippen molar-refractivity contribution in [1.82, 2.24) is 19.5 Å². The highest BCUT2D eigenvalue weighted by atomic mass is 35.5. The summed E-state index contributed by atoms with van der Waals surface area (Å²) in [6, 6.07) is 0. The Labute approximate surface area is 91.7 Å². The van der Waals surface area contributed by atoms with Crippen molar-refractivity contribution < 1.29 is 4.74 Å². The summed E-state index contributed by atoms with van der Waals surface area (Å²) >= 11 is 5.89. The van der Waals surface area contributed by atoms with Gasteiger partial charge in [0.05, 0.1) is 7.11 Å². The van der Waals surface area contributed by atoms with Crippen LogP contribution in [0, 0.1) is 6.92 Å². The van der Waals surface area contributed by atoms with Gasteiger partial charge in [0.1, 0.15) is 12.2 Å². The number of nitrogens with zero attached hydrogens (tertiary/aromatic N) is 4. The number of halogens is 1. The molecule has 0 N–H and O–H groups in total. The van der Waals surface area contributed by atoms with E-state index in [2.05, 4.69) is 15.0 Å². The molecule has 0 aliphatic heterocycles. The molecule has 0 spiro atoms. The first-order valence-corrected chi connectivity index (χ1v) is 4.66. The van der Waals surface area contributed by atoms with Crippen molar-refractivity contribution in [2.24, 2.45) is 0 Å². The molecule has 6 heteroatoms. The average Bonchev–Trinajstić information content (AvgIpc) is 2.64. The van der Waals surface area contributed by atoms with Crippen LogP contribution in [-0.2, 0) is 0 Å². The molecule has 0 atom stereocenters. The van der Waals surface area contributed by atoms with Crippen LogP contribution in [0.4, 0.5) is 0 Å². The third-order valence-corrected chi connectivity index (χ3v) is 2.27. The Bertz CT molecular complexity index is 483. The van der Waals surface area contributed by atoms with Crippen LogP contribution in [0.15, 0.2) is 18.7 Å². The highest BCUT2D eigenvalue weighted by molar-refractivity contribution is 6.31. The number of hydrogen-bond acceptors (Lipinski definition) is 4. The molecular weight excluding hydrogens is 216 g/mol. The summed E-state index contributed by atoms with van der Waals surface area (Å²) in [6.45, 7) is 1.87. The number of aryl methyl sites for hydroxylation is 1. The van der Waals surface area contributed by atoms with Crippen molar-refractivity contribution in [2.45, 2.75) is 6.92 Å². The smallest absolute Gasteiger partial charge is 0.199 e. The minimum absolute atomic E-state index is 0.288. The fourth-order valence-electron chi connectivity index (χ4n) is 1.29. The van der Waals surface area contributed by atoms with Crippen LogP contribution in [0.1, 0.15) is 5.82 Å². The molecule has 0 saturated carbocycles. The highest BCUT2D eigenvalue weighted by Gasteiger charge is 2.13. The minimum Gasteiger partial charge on any atom is -0.490 e. The Morgan fingerprint density at radius 3 is 2.73 bits per heavy atom. The maximum Gasteiger partial charge on any atom is 0.199 e. The molecule has 0 saturated heterocycles. The van der Waals surface area contributed by atoms with Gasteiger partial charge in [-0.1, -0.05) is 11.6 Å². The molecule has 78 valence electrons. The maximum atomic E-state index is 5.89. The molecule has 0 fully saturated rings. The lowest BCUT2D eigenvalue weighted by Crippen LogP contribution is -2.03. The Balaban J connectivity index is 2.63. The molecular formula is C9H9ClN4O. The van der Waals surface area contributed by atoms with Crippen LogP contribution in [0.25, 0.3) is 5.82 Å². The van der Waals surface area contributed by atoms with Gasteiger partial charge in [0.2, 0.25) is 0 Å². The SMILES string of the molecule is COc1c(Cl)ncnc1-n1ccnc1C. The summed E-state index contributed by atoms with van der Waals surface area (Å²) in [5.41, 5.74) is 0. The molecule has 2 rings (SSSR count). The van der Waals surface area contributed by atoms with Crippen molar-refractivity contribution in [3.8, 4) is 11.6 Å². The van der Waals surface area contributed by atoms with Gasteiger partial charge in [-0.25, -0.2) is 15.0 Å². The lowest BCUT2D eigenvalue weighted by atomic mass is 10.5. The monoisotopic (exact) mass is 224 g/mol. The van der Waals surface area contributed by atoms with Gasteiger partial charge in [-0.05, 0) is 6.92 Å². The van der Waals surface area contributed by atoms with E-state index in [0.29, 0.717) is 11.6 Å². The molecule has 5 nitrogen and oxygen atoms in total. The van der Waals surface area contributed by atoms with Gasteiger partial charge in [0.15, 0.2) is 16.7 Å². The van der Waals surface area contributed by atoms with Gasteiger partial charge < -0.3 is 4.74 Å². The molecule has 15 heavy (non-hydrogen) atoms. The Hall–Kier alpha value is -1.62. The molecule has 2 aromatic rings. The van der Waals surface area contributed by atoms with E-state index in [1.54, 1.807) is 17.0 Å². The van der Waals surface area contributed by atoms with Gasteiger partial charge in [-0.3, -0.25) is 4.57 Å². The maximum absolute atomic E-state index is 5.89. The molecule has 2 aromatic heterocycles. The summed E-state index contributed by atoms with van der Waals surface area (Å²) in [5.74, 6) is 1.84. The number of methoxy groups -OCH3 is 1. The third-order valence-electron chi connectivity index (χ3n) is 2.00. The topological polar surface area (TPSA) is 52.8 Å². The summed E-state index contributed by atoms with van der Waals surface area (Å²) in [7, 11) is 1.53. The number of aromatic nitrogens is 4. The first-order valence-electron chi connectivity index (χ1n) is 4.29. The van der Waals surface area contributed by atoms with E-state index in [-0.39, 0.29) is 5.15 Å². The predicted molar refractivity (Wildman–Crippen MR) is 55.5 cm³/mol. The van der Waals surface area contributed by atoms with Crippen molar-refractivity contribution in [3.63, 3.8) is 0 Å². The van der Waals surface area contributed by atoms with Gasteiger partial charge in [0, 0.05) is 12.4 Å². The normalized spacial score (nSPS) is 10.3. The molecule has 2 heterocycles. The molecule has 0 aliphatic carbocycles. The predicted octanol–water partition coefficient (Wildman–Crippen LogP) is 1.63. The van der Waals surface area contributed by atoms with Gasteiger partial charge >= 0.3 is 0 Å². The second-order valence-corrected chi connectivity index (χ2v) is 3.22. The second kappa shape index (κ2) is 3.86. The quantitative estimate of drug-likeness (QED) is 0.728. The van der Waals surface area contributed by atoms with E-state index in [0.717, 1.165) is 5.82 Å². The van der Waals surface area contributed by atoms with E-state index in [1.165, 1.54) is 13.4 Å². The Kier molecular flexibility index (Phi) is 2.55. The summed E-state index contributed by atoms with van der Waals surface area (Å²) in [4.78, 5) is 12.1. The highest BCUT2D eigenvalue weighted by Crippen LogP contribution is 2.27. The Morgan fingerprint density at radius 2 is 2.13 bits per heavy atom. The molecule has 0 amide bonds. The number of hydrogen-bond donors (Lipinski definition) is 0. The second-order valence-electron chi connectivity index (χ2n) is 2.87. The van der Waals surface area contributed by atoms with E-state index in [9.17, 15) is 0 Å². The van der Waals surface area contributed by atoms with Crippen LogP contribution in [0.3, 0.4) is 0 Å². The largest absolute Gasteiger partial charge is 0.490 e. The van der Waals surface area contributed by atoms with Crippen LogP contribution < -0.4 is 4.74 Å². The Morgan fingerprint density at radius 1 is 1.33 bits per heavy atom. The van der Waals surface area contributed by atoms with Crippen molar-refractivity contribution in [2.75, 3.05) is 7.11 Å².